The number of nitrogens with one attached hydrogen (secondary N) is 1. The van der Waals surface area contributed by atoms with Gasteiger partial charge >= 0.3 is 0 Å². The Balaban J connectivity index is 1.75. The summed E-state index contributed by atoms with van der Waals surface area (Å²) < 4.78 is 5.47. The van der Waals surface area contributed by atoms with Crippen LogP contribution in [0.4, 0.5) is 5.69 Å². The van der Waals surface area contributed by atoms with Crippen LogP contribution in [0.15, 0.2) is 24.3 Å². The number of anilines is 1. The topological polar surface area (TPSA) is 61.9 Å². The first-order valence-electron chi connectivity index (χ1n) is 9.35. The summed E-state index contributed by atoms with van der Waals surface area (Å²) in [6, 6.07) is 8.08. The molecule has 0 aromatic heterocycles. The molecular weight excluding hydrogens is 330 g/mol. The van der Waals surface area contributed by atoms with Crippen molar-refractivity contribution < 1.29 is 14.3 Å². The van der Waals surface area contributed by atoms with Gasteiger partial charge < -0.3 is 19.9 Å². The molecule has 1 fully saturated rings. The average Bonchev–Trinajstić information content (AvgIpc) is 2.62. The minimum Gasteiger partial charge on any atom is -0.494 e. The molecule has 0 bridgehead atoms. The molecule has 0 spiro atoms. The Labute approximate surface area is 156 Å². The average molecular weight is 361 g/mol. The summed E-state index contributed by atoms with van der Waals surface area (Å²) in [5.41, 5.74) is 0.727. The lowest BCUT2D eigenvalue weighted by atomic mass is 9.96. The van der Waals surface area contributed by atoms with E-state index in [2.05, 4.69) is 22.3 Å². The Hall–Kier alpha value is -2.24. The smallest absolute Gasteiger partial charge is 0.225 e. The fourth-order valence-electron chi connectivity index (χ4n) is 2.84. The fourth-order valence-corrected chi connectivity index (χ4v) is 2.84. The summed E-state index contributed by atoms with van der Waals surface area (Å²) in [5, 5.41) is 2.83. The Morgan fingerprint density at radius 3 is 2.23 bits per heavy atom. The molecule has 1 N–H and O–H groups in total. The number of hydrogen-bond acceptors (Lipinski definition) is 4. The molecule has 1 aliphatic rings. The van der Waals surface area contributed by atoms with Crippen molar-refractivity contribution in [3.63, 3.8) is 0 Å². The van der Waals surface area contributed by atoms with Gasteiger partial charge in [0, 0.05) is 50.2 Å². The zero-order valence-corrected chi connectivity index (χ0v) is 16.4. The number of carbonyl (C=O) groups excluding carboxylic acids is 2. The van der Waals surface area contributed by atoms with Crippen LogP contribution in [-0.2, 0) is 9.59 Å². The van der Waals surface area contributed by atoms with Gasteiger partial charge in [0.15, 0.2) is 0 Å². The van der Waals surface area contributed by atoms with Crippen LogP contribution in [-0.4, -0.2) is 56.0 Å². The van der Waals surface area contributed by atoms with E-state index in [1.165, 1.54) is 0 Å². The summed E-state index contributed by atoms with van der Waals surface area (Å²) in [4.78, 5) is 28.3. The quantitative estimate of drug-likeness (QED) is 0.844. The second-order valence-corrected chi connectivity index (χ2v) is 7.55. The number of rotatable bonds is 6. The van der Waals surface area contributed by atoms with Gasteiger partial charge in [0.2, 0.25) is 11.8 Å². The predicted molar refractivity (Wildman–Crippen MR) is 103 cm³/mol. The lowest BCUT2D eigenvalue weighted by molar-refractivity contribution is -0.132. The molecule has 144 valence electrons. The zero-order valence-electron chi connectivity index (χ0n) is 16.4. The van der Waals surface area contributed by atoms with Crippen LogP contribution in [0.5, 0.6) is 5.75 Å². The van der Waals surface area contributed by atoms with Crippen molar-refractivity contribution in [3.05, 3.63) is 24.3 Å². The van der Waals surface area contributed by atoms with Gasteiger partial charge in [-0.1, -0.05) is 20.8 Å². The third kappa shape index (κ3) is 5.64. The van der Waals surface area contributed by atoms with Crippen LogP contribution in [0.1, 0.15) is 34.1 Å². The maximum absolute atomic E-state index is 12.3. The molecule has 0 atom stereocenters. The highest BCUT2D eigenvalue weighted by molar-refractivity contribution is 5.82. The highest BCUT2D eigenvalue weighted by Gasteiger charge is 2.23. The van der Waals surface area contributed by atoms with Crippen LogP contribution in [0.3, 0.4) is 0 Å². The van der Waals surface area contributed by atoms with Gasteiger partial charge in [-0.3, -0.25) is 9.59 Å². The lowest BCUT2D eigenvalue weighted by Gasteiger charge is -2.36. The fraction of sp³-hybridized carbons (Fsp3) is 0.600. The van der Waals surface area contributed by atoms with Crippen molar-refractivity contribution in [1.29, 1.82) is 0 Å². The van der Waals surface area contributed by atoms with E-state index in [9.17, 15) is 9.59 Å². The van der Waals surface area contributed by atoms with Crippen LogP contribution in [0, 0.1) is 5.41 Å². The Morgan fingerprint density at radius 2 is 1.69 bits per heavy atom. The van der Waals surface area contributed by atoms with Crippen molar-refractivity contribution >= 4 is 17.5 Å². The molecule has 1 aromatic carbocycles. The summed E-state index contributed by atoms with van der Waals surface area (Å²) in [6.07, 6.45) is 0.352. The van der Waals surface area contributed by atoms with E-state index < -0.39 is 5.41 Å². The zero-order chi connectivity index (χ0) is 19.2. The van der Waals surface area contributed by atoms with E-state index in [0.29, 0.717) is 32.7 Å². The monoisotopic (exact) mass is 361 g/mol. The van der Waals surface area contributed by atoms with Crippen LogP contribution in [0.2, 0.25) is 0 Å². The third-order valence-corrected chi connectivity index (χ3v) is 4.45. The van der Waals surface area contributed by atoms with Gasteiger partial charge in [0.25, 0.3) is 0 Å². The molecule has 6 heteroatoms. The minimum absolute atomic E-state index is 0.0226. The second-order valence-electron chi connectivity index (χ2n) is 7.55. The number of amides is 2. The van der Waals surface area contributed by atoms with Gasteiger partial charge in [0.05, 0.1) is 6.61 Å². The van der Waals surface area contributed by atoms with Gasteiger partial charge in [0.1, 0.15) is 5.75 Å². The van der Waals surface area contributed by atoms with E-state index in [1.54, 1.807) is 0 Å². The first-order valence-corrected chi connectivity index (χ1v) is 9.35. The molecule has 1 saturated heterocycles. The predicted octanol–water partition coefficient (Wildman–Crippen LogP) is 2.29. The number of ether oxygens (including phenoxy) is 1. The first-order chi connectivity index (χ1) is 12.3. The van der Waals surface area contributed by atoms with E-state index in [-0.39, 0.29) is 11.8 Å². The second kappa shape index (κ2) is 8.92. The van der Waals surface area contributed by atoms with Gasteiger partial charge in [-0.05, 0) is 31.2 Å². The Kier molecular flexibility index (Phi) is 6.89. The lowest BCUT2D eigenvalue weighted by Crippen LogP contribution is -2.49. The third-order valence-electron chi connectivity index (χ3n) is 4.45. The molecule has 26 heavy (non-hydrogen) atoms. The number of benzene rings is 1. The molecule has 1 heterocycles. The van der Waals surface area contributed by atoms with E-state index in [0.717, 1.165) is 24.5 Å². The highest BCUT2D eigenvalue weighted by atomic mass is 16.5. The molecule has 2 amide bonds. The molecule has 0 radical (unpaired) electrons. The Morgan fingerprint density at radius 1 is 1.08 bits per heavy atom. The number of carbonyl (C=O) groups is 2. The summed E-state index contributed by atoms with van der Waals surface area (Å²) in [5.74, 6) is 0.957. The van der Waals surface area contributed by atoms with Crippen molar-refractivity contribution in [2.24, 2.45) is 5.41 Å². The molecule has 0 aliphatic carbocycles. The molecule has 1 aliphatic heterocycles. The largest absolute Gasteiger partial charge is 0.494 e. The van der Waals surface area contributed by atoms with Crippen molar-refractivity contribution in [1.82, 2.24) is 10.2 Å². The van der Waals surface area contributed by atoms with Crippen molar-refractivity contribution in [3.8, 4) is 5.75 Å². The van der Waals surface area contributed by atoms with Gasteiger partial charge in [-0.2, -0.15) is 0 Å². The van der Waals surface area contributed by atoms with E-state index in [4.69, 9.17) is 4.74 Å². The Bertz CT molecular complexity index is 600. The molecule has 6 nitrogen and oxygen atoms in total. The van der Waals surface area contributed by atoms with Crippen LogP contribution >= 0.6 is 0 Å². The molecule has 0 unspecified atom stereocenters. The van der Waals surface area contributed by atoms with Gasteiger partial charge in [-0.25, -0.2) is 0 Å². The van der Waals surface area contributed by atoms with Crippen LogP contribution < -0.4 is 15.0 Å². The van der Waals surface area contributed by atoms with Crippen molar-refractivity contribution in [2.75, 3.05) is 44.2 Å². The minimum atomic E-state index is -0.424. The van der Waals surface area contributed by atoms with E-state index in [1.807, 2.05) is 44.7 Å². The maximum atomic E-state index is 12.3. The molecule has 1 aromatic rings. The first kappa shape index (κ1) is 20.1. The number of piperazine rings is 1. The summed E-state index contributed by atoms with van der Waals surface area (Å²) >= 11 is 0. The number of hydrogen-bond donors (Lipinski definition) is 1. The normalized spacial score (nSPS) is 14.9. The molecule has 0 saturated carbocycles. The maximum Gasteiger partial charge on any atom is 0.225 e. The highest BCUT2D eigenvalue weighted by Crippen LogP contribution is 2.21. The summed E-state index contributed by atoms with van der Waals surface area (Å²) in [6.45, 7) is 11.7. The number of nitrogens with zero attached hydrogens (tertiary/aromatic N) is 2. The summed E-state index contributed by atoms with van der Waals surface area (Å²) in [7, 11) is 0. The SMILES string of the molecule is CCOc1ccc(N2CCN(C(=O)CCNC(=O)C(C)(C)C)CC2)cc1. The van der Waals surface area contributed by atoms with Crippen molar-refractivity contribution in [2.45, 2.75) is 34.1 Å². The van der Waals surface area contributed by atoms with E-state index >= 15 is 0 Å². The molecule has 2 rings (SSSR count). The van der Waals surface area contributed by atoms with Gasteiger partial charge in [-0.15, -0.1) is 0 Å². The standard InChI is InChI=1S/C20H31N3O3/c1-5-26-17-8-6-16(7-9-17)22-12-14-23(15-13-22)18(24)10-11-21-19(25)20(2,3)4/h6-9H,5,10-15H2,1-4H3,(H,21,25). The van der Waals surface area contributed by atoms with Crippen LogP contribution in [0.25, 0.3) is 0 Å². The molecular formula is C20H31N3O3.